The van der Waals surface area contributed by atoms with Crippen molar-refractivity contribution in [3.8, 4) is 5.75 Å². The number of phenolic OH excluding ortho intramolecular Hbond substituents is 1. The van der Waals surface area contributed by atoms with Gasteiger partial charge in [0, 0.05) is 18.0 Å². The lowest BCUT2D eigenvalue weighted by molar-refractivity contribution is -0.00518. The maximum Gasteiger partial charge on any atom is 0.115 e. The van der Waals surface area contributed by atoms with Crippen molar-refractivity contribution in [2.75, 3.05) is 13.1 Å². The highest BCUT2D eigenvalue weighted by atomic mass is 127. The summed E-state index contributed by atoms with van der Waals surface area (Å²) in [5, 5.41) is 10.0. The van der Waals surface area contributed by atoms with Gasteiger partial charge in [-0.05, 0) is 65.5 Å². The van der Waals surface area contributed by atoms with Gasteiger partial charge in [0.1, 0.15) is 5.75 Å². The molecule has 1 aromatic rings. The molecule has 0 amide bonds. The molecule has 1 N–H and O–H groups in total. The topological polar surface area (TPSA) is 23.5 Å². The fraction of sp³-hybridized carbons (Fsp3) is 0.579. The van der Waals surface area contributed by atoms with Gasteiger partial charge in [0.25, 0.3) is 0 Å². The molecule has 2 aliphatic carbocycles. The molecule has 0 spiro atoms. The molecule has 2 nitrogen and oxygen atoms in total. The Morgan fingerprint density at radius 1 is 1.32 bits per heavy atom. The molecule has 1 aliphatic heterocycles. The van der Waals surface area contributed by atoms with Crippen LogP contribution in [0.1, 0.15) is 43.2 Å². The fourth-order valence-electron chi connectivity index (χ4n) is 5.47. The van der Waals surface area contributed by atoms with E-state index in [1.54, 1.807) is 0 Å². The van der Waals surface area contributed by atoms with Crippen molar-refractivity contribution < 1.29 is 5.11 Å². The van der Waals surface area contributed by atoms with Crippen molar-refractivity contribution in [3.63, 3.8) is 0 Å². The second-order valence-corrected chi connectivity index (χ2v) is 7.95. The van der Waals surface area contributed by atoms with Crippen LogP contribution in [-0.2, 0) is 11.8 Å². The van der Waals surface area contributed by atoms with E-state index in [-0.39, 0.29) is 0 Å². The van der Waals surface area contributed by atoms with Crippen molar-refractivity contribution in [2.45, 2.75) is 50.0 Å². The third-order valence-electron chi connectivity index (χ3n) is 6.36. The zero-order valence-corrected chi connectivity index (χ0v) is 15.1. The lowest BCUT2D eigenvalue weighted by atomic mass is 9.52. The Morgan fingerprint density at radius 3 is 3.09 bits per heavy atom. The minimum atomic E-state index is 0.347. The SMILES string of the molecule is Oc1ccc2c(c1)[C@@]13CCCC[C@H]1[C@@H](C2)N(C/C=C\I)CC3. The smallest absolute Gasteiger partial charge is 0.115 e. The lowest BCUT2D eigenvalue weighted by Gasteiger charge is -2.59. The number of phenols is 1. The van der Waals surface area contributed by atoms with E-state index < -0.39 is 0 Å². The first-order valence-corrected chi connectivity index (χ1v) is 9.81. The molecule has 4 rings (SSSR count). The number of hydrogen-bond acceptors (Lipinski definition) is 2. The molecule has 3 heteroatoms. The highest BCUT2D eigenvalue weighted by Crippen LogP contribution is 2.56. The Hall–Kier alpha value is -0.550. The molecular formula is C19H24INO. The summed E-state index contributed by atoms with van der Waals surface area (Å²) < 4.78 is 2.15. The molecule has 3 atom stereocenters. The predicted octanol–water partition coefficient (Wildman–Crippen LogP) is 4.40. The molecular weight excluding hydrogens is 385 g/mol. The summed E-state index contributed by atoms with van der Waals surface area (Å²) in [6, 6.07) is 6.84. The van der Waals surface area contributed by atoms with Crippen LogP contribution >= 0.6 is 22.6 Å². The average molecular weight is 409 g/mol. The summed E-state index contributed by atoms with van der Waals surface area (Å²) in [7, 11) is 0. The monoisotopic (exact) mass is 409 g/mol. The number of hydrogen-bond donors (Lipinski definition) is 1. The summed E-state index contributed by atoms with van der Waals surface area (Å²) in [6.07, 6.45) is 10.1. The van der Waals surface area contributed by atoms with Gasteiger partial charge in [-0.3, -0.25) is 4.90 Å². The second-order valence-electron chi connectivity index (χ2n) is 7.23. The molecule has 0 aromatic heterocycles. The van der Waals surface area contributed by atoms with Gasteiger partial charge >= 0.3 is 0 Å². The minimum Gasteiger partial charge on any atom is -0.508 e. The maximum atomic E-state index is 10.0. The number of aromatic hydroxyl groups is 1. The molecule has 22 heavy (non-hydrogen) atoms. The number of benzene rings is 1. The van der Waals surface area contributed by atoms with E-state index in [4.69, 9.17) is 0 Å². The molecule has 0 radical (unpaired) electrons. The van der Waals surface area contributed by atoms with E-state index in [1.165, 1.54) is 49.8 Å². The molecule has 3 aliphatic rings. The molecule has 1 aromatic carbocycles. The van der Waals surface area contributed by atoms with Crippen LogP contribution < -0.4 is 0 Å². The quantitative estimate of drug-likeness (QED) is 0.733. The van der Waals surface area contributed by atoms with E-state index in [0.29, 0.717) is 17.2 Å². The Morgan fingerprint density at radius 2 is 2.23 bits per heavy atom. The van der Waals surface area contributed by atoms with Crippen LogP contribution in [0.5, 0.6) is 5.75 Å². The minimum absolute atomic E-state index is 0.347. The van der Waals surface area contributed by atoms with E-state index in [0.717, 1.165) is 18.9 Å². The van der Waals surface area contributed by atoms with Crippen LogP contribution in [0.25, 0.3) is 0 Å². The summed E-state index contributed by atoms with van der Waals surface area (Å²) >= 11 is 2.33. The second kappa shape index (κ2) is 5.82. The maximum absolute atomic E-state index is 10.0. The number of rotatable bonds is 2. The molecule has 1 saturated heterocycles. The van der Waals surface area contributed by atoms with Gasteiger partial charge in [0.05, 0.1) is 0 Å². The van der Waals surface area contributed by atoms with Crippen molar-refractivity contribution in [1.29, 1.82) is 0 Å². The Balaban J connectivity index is 1.78. The summed E-state index contributed by atoms with van der Waals surface area (Å²) in [5.41, 5.74) is 3.32. The van der Waals surface area contributed by atoms with Gasteiger partial charge in [-0.15, -0.1) is 0 Å². The van der Waals surface area contributed by atoms with Gasteiger partial charge in [0.2, 0.25) is 0 Å². The van der Waals surface area contributed by atoms with Crippen LogP contribution in [0.2, 0.25) is 0 Å². The summed E-state index contributed by atoms with van der Waals surface area (Å²) in [5.74, 6) is 1.23. The van der Waals surface area contributed by atoms with Crippen molar-refractivity contribution in [1.82, 2.24) is 4.90 Å². The van der Waals surface area contributed by atoms with Crippen molar-refractivity contribution in [3.05, 3.63) is 39.5 Å². The highest BCUT2D eigenvalue weighted by Gasteiger charge is 2.53. The molecule has 1 saturated carbocycles. The zero-order valence-electron chi connectivity index (χ0n) is 13.0. The van der Waals surface area contributed by atoms with Gasteiger partial charge in [-0.2, -0.15) is 0 Å². The predicted molar refractivity (Wildman–Crippen MR) is 98.6 cm³/mol. The third-order valence-corrected chi connectivity index (χ3v) is 6.87. The summed E-state index contributed by atoms with van der Waals surface area (Å²) in [4.78, 5) is 2.71. The number of nitrogens with zero attached hydrogens (tertiary/aromatic N) is 1. The first-order valence-electron chi connectivity index (χ1n) is 8.56. The van der Waals surface area contributed by atoms with Crippen LogP contribution in [0.4, 0.5) is 0 Å². The normalized spacial score (nSPS) is 34.4. The highest BCUT2D eigenvalue weighted by molar-refractivity contribution is 14.1. The molecule has 1 heterocycles. The first kappa shape index (κ1) is 15.0. The Labute approximate surface area is 146 Å². The molecule has 2 fully saturated rings. The Kier molecular flexibility index (Phi) is 3.97. The van der Waals surface area contributed by atoms with E-state index in [1.807, 2.05) is 6.07 Å². The number of fused-ring (bicyclic) bond motifs is 1. The van der Waals surface area contributed by atoms with Crippen molar-refractivity contribution in [2.24, 2.45) is 5.92 Å². The van der Waals surface area contributed by atoms with Gasteiger partial charge in [-0.1, -0.05) is 47.6 Å². The lowest BCUT2D eigenvalue weighted by Crippen LogP contribution is -2.60. The first-order chi connectivity index (χ1) is 10.7. The summed E-state index contributed by atoms with van der Waals surface area (Å²) in [6.45, 7) is 2.30. The van der Waals surface area contributed by atoms with Crippen LogP contribution in [0.3, 0.4) is 0 Å². The standard InChI is InChI=1S/C19H24INO/c20-9-3-10-21-11-8-19-7-2-1-4-16(19)18(21)12-14-5-6-15(22)13-17(14)19/h3,5-6,9,13,16,18,22H,1-2,4,7-8,10-12H2/b9-3-/t16-,18+,19+/m0/s1. The third kappa shape index (κ3) is 2.23. The number of piperidine rings is 1. The van der Waals surface area contributed by atoms with E-state index >= 15 is 0 Å². The fourth-order valence-corrected chi connectivity index (χ4v) is 5.70. The number of halogens is 1. The van der Waals surface area contributed by atoms with E-state index in [2.05, 4.69) is 49.8 Å². The Bertz CT molecular complexity index is 599. The van der Waals surface area contributed by atoms with Crippen LogP contribution in [0, 0.1) is 5.92 Å². The van der Waals surface area contributed by atoms with Gasteiger partial charge in [-0.25, -0.2) is 0 Å². The average Bonchev–Trinajstić information content (AvgIpc) is 2.55. The van der Waals surface area contributed by atoms with Crippen molar-refractivity contribution >= 4 is 22.6 Å². The van der Waals surface area contributed by atoms with Gasteiger partial charge < -0.3 is 5.11 Å². The molecule has 2 bridgehead atoms. The number of likely N-dealkylation sites (tertiary alicyclic amines) is 1. The van der Waals surface area contributed by atoms with Gasteiger partial charge in [0.15, 0.2) is 0 Å². The van der Waals surface area contributed by atoms with E-state index in [9.17, 15) is 5.11 Å². The molecule has 118 valence electrons. The van der Waals surface area contributed by atoms with Crippen LogP contribution in [0.15, 0.2) is 28.4 Å². The zero-order chi connectivity index (χ0) is 15.2. The van der Waals surface area contributed by atoms with Crippen LogP contribution in [-0.4, -0.2) is 29.1 Å². The molecule has 0 unspecified atom stereocenters. The largest absolute Gasteiger partial charge is 0.508 e.